The summed E-state index contributed by atoms with van der Waals surface area (Å²) < 4.78 is 19.5. The Morgan fingerprint density at radius 1 is 1.60 bits per heavy atom. The summed E-state index contributed by atoms with van der Waals surface area (Å²) in [6.07, 6.45) is 0. The topological polar surface area (TPSA) is 97.2 Å². The molecule has 0 amide bonds. The van der Waals surface area contributed by atoms with Crippen LogP contribution in [0.3, 0.4) is 0 Å². The molecule has 0 saturated carbocycles. The van der Waals surface area contributed by atoms with E-state index in [-0.39, 0.29) is 22.3 Å². The first kappa shape index (κ1) is 14.1. The number of thioether (sulfide) groups is 1. The van der Waals surface area contributed by atoms with Gasteiger partial charge in [-0.15, -0.1) is 5.10 Å². The van der Waals surface area contributed by atoms with Crippen molar-refractivity contribution < 1.29 is 19.0 Å². The number of hydrogen-bond donors (Lipinski definition) is 2. The van der Waals surface area contributed by atoms with Gasteiger partial charge in [-0.1, -0.05) is 11.8 Å². The van der Waals surface area contributed by atoms with Gasteiger partial charge in [-0.2, -0.15) is 0 Å². The number of halogens is 1. The van der Waals surface area contributed by atoms with E-state index in [2.05, 4.69) is 10.2 Å². The molecule has 1 aromatic carbocycles. The number of rotatable bonds is 5. The van der Waals surface area contributed by atoms with Crippen LogP contribution in [0.4, 0.5) is 4.39 Å². The van der Waals surface area contributed by atoms with E-state index in [9.17, 15) is 14.0 Å². The number of carbonyl (C=O) groups is 1. The summed E-state index contributed by atoms with van der Waals surface area (Å²) in [5.74, 6) is -1.89. The molecule has 0 radical (unpaired) electrons. The molecule has 20 heavy (non-hydrogen) atoms. The van der Waals surface area contributed by atoms with Gasteiger partial charge in [0.05, 0.1) is 18.6 Å². The number of aromatic amines is 1. The Morgan fingerprint density at radius 3 is 2.95 bits per heavy atom. The van der Waals surface area contributed by atoms with E-state index >= 15 is 0 Å². The van der Waals surface area contributed by atoms with Gasteiger partial charge in [-0.3, -0.25) is 4.79 Å². The number of aromatic nitrogens is 3. The van der Waals surface area contributed by atoms with Gasteiger partial charge in [0.1, 0.15) is 0 Å². The molecule has 0 saturated heterocycles. The molecule has 0 bridgehead atoms. The molecule has 0 aliphatic heterocycles. The Bertz CT molecular complexity index is 697. The van der Waals surface area contributed by atoms with Crippen molar-refractivity contribution in [3.05, 3.63) is 34.5 Å². The highest BCUT2D eigenvalue weighted by Gasteiger charge is 2.14. The lowest BCUT2D eigenvalue weighted by molar-refractivity contribution is -0.133. The molecular weight excluding hydrogens is 289 g/mol. The standard InChI is InChI=1S/C11H10FN3O4S/c1-19-8-3-2-6(4-7(8)12)15-10(18)13-14-11(15)20-5-9(16)17/h2-4H,5H2,1H3,(H,13,18)(H,16,17). The third-order valence-corrected chi connectivity index (χ3v) is 3.28. The number of aliphatic carboxylic acids is 1. The molecule has 0 fully saturated rings. The molecule has 7 nitrogen and oxygen atoms in total. The van der Waals surface area contributed by atoms with E-state index in [1.165, 1.54) is 19.2 Å². The highest BCUT2D eigenvalue weighted by molar-refractivity contribution is 7.99. The van der Waals surface area contributed by atoms with Crippen molar-refractivity contribution in [1.82, 2.24) is 14.8 Å². The van der Waals surface area contributed by atoms with Crippen LogP contribution in [0.15, 0.2) is 28.2 Å². The van der Waals surface area contributed by atoms with Gasteiger partial charge < -0.3 is 9.84 Å². The first-order valence-electron chi connectivity index (χ1n) is 5.39. The monoisotopic (exact) mass is 299 g/mol. The molecule has 0 unspecified atom stereocenters. The number of H-pyrrole nitrogens is 1. The molecule has 2 aromatic rings. The smallest absolute Gasteiger partial charge is 0.348 e. The molecule has 9 heteroatoms. The predicted molar refractivity (Wildman–Crippen MR) is 69.1 cm³/mol. The van der Waals surface area contributed by atoms with Crippen molar-refractivity contribution in [2.45, 2.75) is 5.16 Å². The maximum atomic E-state index is 13.6. The van der Waals surface area contributed by atoms with Gasteiger partial charge in [0.25, 0.3) is 0 Å². The fourth-order valence-corrected chi connectivity index (χ4v) is 2.21. The zero-order valence-corrected chi connectivity index (χ0v) is 11.1. The fraction of sp³-hybridized carbons (Fsp3) is 0.182. The molecule has 2 rings (SSSR count). The third kappa shape index (κ3) is 2.82. The number of nitrogens with one attached hydrogen (secondary N) is 1. The van der Waals surface area contributed by atoms with Crippen LogP contribution in [-0.4, -0.2) is 38.7 Å². The minimum atomic E-state index is -1.04. The summed E-state index contributed by atoms with van der Waals surface area (Å²) in [7, 11) is 1.33. The molecule has 106 valence electrons. The second-order valence-corrected chi connectivity index (χ2v) is 4.59. The summed E-state index contributed by atoms with van der Waals surface area (Å²) in [5, 5.41) is 14.7. The van der Waals surface area contributed by atoms with E-state index in [0.717, 1.165) is 22.4 Å². The molecule has 0 atom stereocenters. The van der Waals surface area contributed by atoms with Crippen molar-refractivity contribution in [2.24, 2.45) is 0 Å². The van der Waals surface area contributed by atoms with Crippen LogP contribution in [0.5, 0.6) is 5.75 Å². The van der Waals surface area contributed by atoms with Gasteiger partial charge >= 0.3 is 11.7 Å². The minimum absolute atomic E-state index is 0.0463. The van der Waals surface area contributed by atoms with Gasteiger partial charge in [0.15, 0.2) is 16.7 Å². The number of carboxylic acid groups (broad SMARTS) is 1. The predicted octanol–water partition coefficient (Wildman–Crippen LogP) is 0.885. The van der Waals surface area contributed by atoms with Crippen LogP contribution < -0.4 is 10.4 Å². The van der Waals surface area contributed by atoms with Crippen LogP contribution in [-0.2, 0) is 4.79 Å². The lowest BCUT2D eigenvalue weighted by Gasteiger charge is -2.07. The summed E-state index contributed by atoms with van der Waals surface area (Å²) in [6, 6.07) is 3.96. The second kappa shape index (κ2) is 5.78. The number of ether oxygens (including phenoxy) is 1. The van der Waals surface area contributed by atoms with E-state index in [0.29, 0.717) is 0 Å². The zero-order valence-electron chi connectivity index (χ0n) is 10.3. The van der Waals surface area contributed by atoms with Crippen molar-refractivity contribution in [2.75, 3.05) is 12.9 Å². The van der Waals surface area contributed by atoms with Crippen LogP contribution in [0.1, 0.15) is 0 Å². The largest absolute Gasteiger partial charge is 0.494 e. The number of carboxylic acids is 1. The Labute approximate surface area is 116 Å². The van der Waals surface area contributed by atoms with Crippen molar-refractivity contribution >= 4 is 17.7 Å². The second-order valence-electron chi connectivity index (χ2n) is 3.65. The van der Waals surface area contributed by atoms with E-state index in [1.54, 1.807) is 0 Å². The lowest BCUT2D eigenvalue weighted by Crippen LogP contribution is -2.16. The number of nitrogens with zero attached hydrogens (tertiary/aromatic N) is 2. The summed E-state index contributed by atoms with van der Waals surface area (Å²) in [4.78, 5) is 22.2. The normalized spacial score (nSPS) is 10.5. The number of benzene rings is 1. The third-order valence-electron chi connectivity index (χ3n) is 2.36. The maximum Gasteiger partial charge on any atom is 0.348 e. The van der Waals surface area contributed by atoms with Gasteiger partial charge in [0.2, 0.25) is 0 Å². The van der Waals surface area contributed by atoms with Crippen LogP contribution in [0.25, 0.3) is 5.69 Å². The number of methoxy groups -OCH3 is 1. The Balaban J connectivity index is 2.41. The first-order chi connectivity index (χ1) is 9.52. The SMILES string of the molecule is COc1ccc(-n2c(SCC(=O)O)n[nH]c2=O)cc1F. The van der Waals surface area contributed by atoms with Crippen LogP contribution in [0, 0.1) is 5.82 Å². The molecular formula is C11H10FN3O4S. The minimum Gasteiger partial charge on any atom is -0.494 e. The van der Waals surface area contributed by atoms with E-state index in [4.69, 9.17) is 9.84 Å². The molecule has 2 N–H and O–H groups in total. The zero-order chi connectivity index (χ0) is 14.7. The van der Waals surface area contributed by atoms with E-state index < -0.39 is 17.5 Å². The average Bonchev–Trinajstić information content (AvgIpc) is 2.77. The Kier molecular flexibility index (Phi) is 4.08. The lowest BCUT2D eigenvalue weighted by atomic mass is 10.3. The van der Waals surface area contributed by atoms with Crippen molar-refractivity contribution in [3.8, 4) is 11.4 Å². The van der Waals surface area contributed by atoms with Gasteiger partial charge in [-0.05, 0) is 12.1 Å². The Hall–Kier alpha value is -2.29. The highest BCUT2D eigenvalue weighted by atomic mass is 32.2. The molecule has 0 aliphatic carbocycles. The average molecular weight is 299 g/mol. The molecule has 0 aliphatic rings. The van der Waals surface area contributed by atoms with Crippen LogP contribution >= 0.6 is 11.8 Å². The van der Waals surface area contributed by atoms with E-state index in [1.807, 2.05) is 0 Å². The molecule has 1 heterocycles. The van der Waals surface area contributed by atoms with Crippen LogP contribution in [0.2, 0.25) is 0 Å². The van der Waals surface area contributed by atoms with Gasteiger partial charge in [-0.25, -0.2) is 18.9 Å². The quantitative estimate of drug-likeness (QED) is 0.796. The first-order valence-corrected chi connectivity index (χ1v) is 6.37. The van der Waals surface area contributed by atoms with Gasteiger partial charge in [0, 0.05) is 6.07 Å². The van der Waals surface area contributed by atoms with Crippen molar-refractivity contribution in [3.63, 3.8) is 0 Å². The fourth-order valence-electron chi connectivity index (χ4n) is 1.53. The molecule has 1 aromatic heterocycles. The highest BCUT2D eigenvalue weighted by Crippen LogP contribution is 2.22. The maximum absolute atomic E-state index is 13.6. The number of hydrogen-bond acceptors (Lipinski definition) is 5. The summed E-state index contributed by atoms with van der Waals surface area (Å²) in [6.45, 7) is 0. The summed E-state index contributed by atoms with van der Waals surface area (Å²) >= 11 is 0.854. The summed E-state index contributed by atoms with van der Waals surface area (Å²) in [5.41, 5.74) is -0.350. The Morgan fingerprint density at radius 2 is 2.35 bits per heavy atom. The van der Waals surface area contributed by atoms with Crippen molar-refractivity contribution in [1.29, 1.82) is 0 Å². The molecule has 0 spiro atoms.